The average Bonchev–Trinajstić information content (AvgIpc) is 2.89. The average molecular weight is 340 g/mol. The number of amides is 2. The van der Waals surface area contributed by atoms with Crippen LogP contribution in [0.1, 0.15) is 26.7 Å². The van der Waals surface area contributed by atoms with Crippen molar-refractivity contribution in [2.24, 2.45) is 11.8 Å². The van der Waals surface area contributed by atoms with Crippen LogP contribution in [0.5, 0.6) is 0 Å². The maximum atomic E-state index is 13.8. The topological polar surface area (TPSA) is 69.6 Å². The summed E-state index contributed by atoms with van der Waals surface area (Å²) in [7, 11) is 0. The molecule has 0 aromatic heterocycles. The second-order valence-corrected chi connectivity index (χ2v) is 6.39. The van der Waals surface area contributed by atoms with Crippen molar-refractivity contribution in [3.05, 3.63) is 29.8 Å². The molecule has 5 nitrogen and oxygen atoms in total. The second-order valence-electron chi connectivity index (χ2n) is 6.39. The molecule has 2 N–H and O–H groups in total. The largest absolute Gasteiger partial charge is 0.393 e. The molecule has 0 saturated carbocycles. The lowest BCUT2D eigenvalue weighted by Crippen LogP contribution is -2.35. The van der Waals surface area contributed by atoms with E-state index in [4.69, 9.17) is 0 Å². The molecule has 1 heterocycles. The highest BCUT2D eigenvalue weighted by Gasteiger charge is 2.36. The van der Waals surface area contributed by atoms with E-state index in [1.165, 1.54) is 11.0 Å². The van der Waals surface area contributed by atoms with E-state index in [0.717, 1.165) is 6.07 Å². The van der Waals surface area contributed by atoms with Crippen LogP contribution in [0.25, 0.3) is 0 Å². The first kappa shape index (κ1) is 18.3. The Morgan fingerprint density at radius 3 is 2.75 bits per heavy atom. The molecule has 1 aromatic rings. The number of nitrogens with zero attached hydrogens (tertiary/aromatic N) is 1. The van der Waals surface area contributed by atoms with Crippen molar-refractivity contribution in [2.45, 2.75) is 32.8 Å². The second kappa shape index (κ2) is 7.70. The number of rotatable bonds is 6. The molecule has 2 rings (SSSR count). The third kappa shape index (κ3) is 4.29. The zero-order chi connectivity index (χ0) is 17.9. The van der Waals surface area contributed by atoms with Gasteiger partial charge in [-0.1, -0.05) is 13.8 Å². The number of aliphatic hydroxyl groups excluding tert-OH is 1. The molecule has 1 saturated heterocycles. The van der Waals surface area contributed by atoms with Crippen LogP contribution in [0.2, 0.25) is 0 Å². The van der Waals surface area contributed by atoms with Gasteiger partial charge in [0.2, 0.25) is 11.8 Å². The van der Waals surface area contributed by atoms with Crippen molar-refractivity contribution < 1.29 is 23.5 Å². The summed E-state index contributed by atoms with van der Waals surface area (Å²) in [5.41, 5.74) is -0.0214. The molecule has 2 unspecified atom stereocenters. The summed E-state index contributed by atoms with van der Waals surface area (Å²) in [6.45, 7) is 4.14. The number of hydrogen-bond donors (Lipinski definition) is 2. The third-order valence-corrected chi connectivity index (χ3v) is 4.21. The number of aliphatic hydroxyl groups is 1. The van der Waals surface area contributed by atoms with Gasteiger partial charge in [-0.3, -0.25) is 9.59 Å². The third-order valence-electron chi connectivity index (χ3n) is 4.21. The Hall–Kier alpha value is -2.02. The molecule has 24 heavy (non-hydrogen) atoms. The Balaban J connectivity index is 1.93. The van der Waals surface area contributed by atoms with Crippen LogP contribution in [-0.2, 0) is 9.59 Å². The molecule has 2 amide bonds. The minimum atomic E-state index is -0.829. The molecule has 0 radical (unpaired) electrons. The van der Waals surface area contributed by atoms with Gasteiger partial charge < -0.3 is 15.3 Å². The number of nitrogens with one attached hydrogen (secondary N) is 1. The van der Waals surface area contributed by atoms with E-state index in [9.17, 15) is 23.5 Å². The summed E-state index contributed by atoms with van der Waals surface area (Å²) in [5.74, 6) is -2.71. The molecule has 1 aliphatic rings. The fraction of sp³-hybridized carbons (Fsp3) is 0.529. The molecule has 0 aliphatic carbocycles. The van der Waals surface area contributed by atoms with Crippen LogP contribution in [0.15, 0.2) is 18.2 Å². The summed E-state index contributed by atoms with van der Waals surface area (Å²) in [6, 6.07) is 2.98. The zero-order valence-corrected chi connectivity index (χ0v) is 13.8. The van der Waals surface area contributed by atoms with Crippen LogP contribution < -0.4 is 10.2 Å². The number of carbonyl (C=O) groups is 2. The summed E-state index contributed by atoms with van der Waals surface area (Å²) in [6.07, 6.45) is -0.0872. The maximum Gasteiger partial charge on any atom is 0.227 e. The van der Waals surface area contributed by atoms with E-state index >= 15 is 0 Å². The summed E-state index contributed by atoms with van der Waals surface area (Å²) in [5, 5.41) is 12.4. The first-order valence-electron chi connectivity index (χ1n) is 8.00. The minimum Gasteiger partial charge on any atom is -0.393 e. The lowest BCUT2D eigenvalue weighted by atomic mass is 10.0. The van der Waals surface area contributed by atoms with E-state index in [1.54, 1.807) is 0 Å². The monoisotopic (exact) mass is 340 g/mol. The van der Waals surface area contributed by atoms with E-state index in [1.807, 2.05) is 13.8 Å². The smallest absolute Gasteiger partial charge is 0.227 e. The number of carbonyl (C=O) groups excluding carboxylic acids is 2. The minimum absolute atomic E-state index is 0.0185. The highest BCUT2D eigenvalue weighted by Crippen LogP contribution is 2.28. The molecule has 7 heteroatoms. The van der Waals surface area contributed by atoms with Gasteiger partial charge in [0, 0.05) is 25.6 Å². The van der Waals surface area contributed by atoms with E-state index < -0.39 is 23.7 Å². The maximum absolute atomic E-state index is 13.8. The highest BCUT2D eigenvalue weighted by atomic mass is 19.1. The Morgan fingerprint density at radius 2 is 2.12 bits per heavy atom. The van der Waals surface area contributed by atoms with Gasteiger partial charge in [0.1, 0.15) is 11.6 Å². The fourth-order valence-corrected chi connectivity index (χ4v) is 2.64. The van der Waals surface area contributed by atoms with E-state index in [0.29, 0.717) is 19.0 Å². The van der Waals surface area contributed by atoms with Gasteiger partial charge in [0.05, 0.1) is 17.7 Å². The van der Waals surface area contributed by atoms with Gasteiger partial charge in [0.25, 0.3) is 0 Å². The van der Waals surface area contributed by atoms with Gasteiger partial charge in [-0.2, -0.15) is 0 Å². The Bertz CT molecular complexity index is 622. The van der Waals surface area contributed by atoms with Crippen LogP contribution >= 0.6 is 0 Å². The summed E-state index contributed by atoms with van der Waals surface area (Å²) >= 11 is 0. The molecule has 132 valence electrons. The lowest BCUT2D eigenvalue weighted by Gasteiger charge is -2.18. The molecular formula is C17H22F2N2O3. The quantitative estimate of drug-likeness (QED) is 0.830. The first-order valence-corrected chi connectivity index (χ1v) is 8.00. The van der Waals surface area contributed by atoms with Crippen molar-refractivity contribution in [2.75, 3.05) is 18.0 Å². The standard InChI is InChI=1S/C17H22F2N2O3/c1-10(2)15(22)5-6-20-17(24)11-7-16(23)21(9-11)14-4-3-12(18)8-13(14)19/h3-4,8,10-11,15,22H,5-7,9H2,1-2H3,(H,20,24). The van der Waals surface area contributed by atoms with E-state index in [-0.39, 0.29) is 36.4 Å². The number of halogens is 2. The normalized spacial score (nSPS) is 19.0. The molecule has 1 fully saturated rings. The van der Waals surface area contributed by atoms with Gasteiger partial charge in [-0.05, 0) is 24.5 Å². The van der Waals surface area contributed by atoms with Crippen LogP contribution in [-0.4, -0.2) is 36.1 Å². The Kier molecular flexibility index (Phi) is 5.88. The van der Waals surface area contributed by atoms with Crippen LogP contribution in [0, 0.1) is 23.5 Å². The summed E-state index contributed by atoms with van der Waals surface area (Å²) in [4.78, 5) is 25.3. The van der Waals surface area contributed by atoms with Gasteiger partial charge in [-0.25, -0.2) is 8.78 Å². The van der Waals surface area contributed by atoms with E-state index in [2.05, 4.69) is 5.32 Å². The summed E-state index contributed by atoms with van der Waals surface area (Å²) < 4.78 is 26.8. The predicted molar refractivity (Wildman–Crippen MR) is 85.3 cm³/mol. The van der Waals surface area contributed by atoms with Crippen LogP contribution in [0.4, 0.5) is 14.5 Å². The Morgan fingerprint density at radius 1 is 1.42 bits per heavy atom. The highest BCUT2D eigenvalue weighted by molar-refractivity contribution is 6.00. The SMILES string of the molecule is CC(C)C(O)CCNC(=O)C1CC(=O)N(c2ccc(F)cc2F)C1. The first-order chi connectivity index (χ1) is 11.3. The fourth-order valence-electron chi connectivity index (χ4n) is 2.64. The molecule has 0 bridgehead atoms. The van der Waals surface area contributed by atoms with Crippen molar-refractivity contribution >= 4 is 17.5 Å². The van der Waals surface area contributed by atoms with Crippen molar-refractivity contribution in [1.82, 2.24) is 5.32 Å². The lowest BCUT2D eigenvalue weighted by molar-refractivity contribution is -0.126. The van der Waals surface area contributed by atoms with Gasteiger partial charge in [-0.15, -0.1) is 0 Å². The molecule has 1 aromatic carbocycles. The Labute approximate surface area is 139 Å². The van der Waals surface area contributed by atoms with Gasteiger partial charge in [0.15, 0.2) is 0 Å². The zero-order valence-electron chi connectivity index (χ0n) is 13.8. The molecular weight excluding hydrogens is 318 g/mol. The predicted octanol–water partition coefficient (Wildman–Crippen LogP) is 1.84. The molecule has 1 aliphatic heterocycles. The van der Waals surface area contributed by atoms with Crippen molar-refractivity contribution in [1.29, 1.82) is 0 Å². The van der Waals surface area contributed by atoms with Crippen molar-refractivity contribution in [3.8, 4) is 0 Å². The van der Waals surface area contributed by atoms with Crippen molar-refractivity contribution in [3.63, 3.8) is 0 Å². The molecule has 2 atom stereocenters. The number of anilines is 1. The molecule has 0 spiro atoms. The van der Waals surface area contributed by atoms with Crippen LogP contribution in [0.3, 0.4) is 0 Å². The number of hydrogen-bond acceptors (Lipinski definition) is 3. The number of benzene rings is 1. The van der Waals surface area contributed by atoms with Gasteiger partial charge >= 0.3 is 0 Å².